The van der Waals surface area contributed by atoms with Gasteiger partial charge in [0.25, 0.3) is 0 Å². The zero-order chi connectivity index (χ0) is 24.9. The zero-order valence-electron chi connectivity index (χ0n) is 18.7. The summed E-state index contributed by atoms with van der Waals surface area (Å²) in [4.78, 5) is 25.6. The summed E-state index contributed by atoms with van der Waals surface area (Å²) in [5.41, 5.74) is 5.74. The Morgan fingerprint density at radius 1 is 1.29 bits per heavy atom. The van der Waals surface area contributed by atoms with E-state index in [4.69, 9.17) is 15.9 Å². The van der Waals surface area contributed by atoms with Gasteiger partial charge < -0.3 is 20.7 Å². The quantitative estimate of drug-likeness (QED) is 0.268. The van der Waals surface area contributed by atoms with Crippen LogP contribution in [0.2, 0.25) is 0 Å². The minimum Gasteiger partial charge on any atom is -0.439 e. The van der Waals surface area contributed by atoms with E-state index in [1.54, 1.807) is 4.90 Å². The third-order valence-electron chi connectivity index (χ3n) is 5.49. The molecule has 1 aromatic carbocycles. The lowest BCUT2D eigenvalue weighted by Crippen LogP contribution is -2.44. The lowest BCUT2D eigenvalue weighted by Gasteiger charge is -2.33. The number of piperidine rings is 1. The fourth-order valence-corrected chi connectivity index (χ4v) is 3.82. The molecule has 1 aliphatic heterocycles. The number of benzene rings is 1. The summed E-state index contributed by atoms with van der Waals surface area (Å²) in [5, 5.41) is 11.8. The smallest absolute Gasteiger partial charge is 0.246 e. The SMILES string of the molecule is C=CC(=O)N1CCCC(Nc2ncnc(N)c2C(=N)c2ccc(Oc3cccc(F)c3)nc2F)C1. The van der Waals surface area contributed by atoms with E-state index in [1.165, 1.54) is 42.7 Å². The second kappa shape index (κ2) is 10.2. The van der Waals surface area contributed by atoms with Crippen LogP contribution in [0.5, 0.6) is 11.6 Å². The number of pyridine rings is 1. The van der Waals surface area contributed by atoms with Crippen LogP contribution in [-0.4, -0.2) is 50.6 Å². The first kappa shape index (κ1) is 23.7. The summed E-state index contributed by atoms with van der Waals surface area (Å²) in [6.07, 6.45) is 4.05. The van der Waals surface area contributed by atoms with Crippen molar-refractivity contribution in [3.63, 3.8) is 0 Å². The van der Waals surface area contributed by atoms with Gasteiger partial charge in [0.15, 0.2) is 0 Å². The molecule has 9 nitrogen and oxygen atoms in total. The number of halogens is 2. The molecule has 1 saturated heterocycles. The Morgan fingerprint density at radius 2 is 2.11 bits per heavy atom. The summed E-state index contributed by atoms with van der Waals surface area (Å²) in [7, 11) is 0. The molecule has 1 aliphatic rings. The molecular formula is C24H23F2N7O2. The van der Waals surface area contributed by atoms with Crippen LogP contribution in [0.3, 0.4) is 0 Å². The molecule has 0 bridgehead atoms. The molecule has 180 valence electrons. The topological polar surface area (TPSA) is 130 Å². The largest absolute Gasteiger partial charge is 0.439 e. The van der Waals surface area contributed by atoms with E-state index in [0.717, 1.165) is 18.9 Å². The average molecular weight is 479 g/mol. The molecule has 11 heteroatoms. The number of ether oxygens (including phenoxy) is 1. The number of nitrogens with one attached hydrogen (secondary N) is 2. The Morgan fingerprint density at radius 3 is 2.86 bits per heavy atom. The third kappa shape index (κ3) is 5.40. The van der Waals surface area contributed by atoms with Crippen molar-refractivity contribution in [3.05, 3.63) is 78.3 Å². The van der Waals surface area contributed by atoms with Gasteiger partial charge in [-0.3, -0.25) is 10.2 Å². The molecule has 35 heavy (non-hydrogen) atoms. The van der Waals surface area contributed by atoms with Crippen LogP contribution in [0.15, 0.2) is 55.4 Å². The number of rotatable bonds is 7. The van der Waals surface area contributed by atoms with E-state index >= 15 is 0 Å². The predicted molar refractivity (Wildman–Crippen MR) is 126 cm³/mol. The Bertz CT molecular complexity index is 1280. The molecule has 3 heterocycles. The summed E-state index contributed by atoms with van der Waals surface area (Å²) in [6, 6.07) is 7.89. The number of nitrogens with two attached hydrogens (primary N) is 1. The molecule has 1 atom stereocenters. The van der Waals surface area contributed by atoms with Gasteiger partial charge in [-0.25, -0.2) is 14.4 Å². The minimum absolute atomic E-state index is 0.0122. The van der Waals surface area contributed by atoms with Crippen molar-refractivity contribution in [2.75, 3.05) is 24.1 Å². The van der Waals surface area contributed by atoms with Gasteiger partial charge in [-0.2, -0.15) is 9.37 Å². The molecule has 1 fully saturated rings. The molecule has 4 rings (SSSR count). The number of carbonyl (C=O) groups is 1. The Kier molecular flexibility index (Phi) is 6.95. The van der Waals surface area contributed by atoms with E-state index in [9.17, 15) is 13.6 Å². The predicted octanol–water partition coefficient (Wildman–Crippen LogP) is 3.53. The van der Waals surface area contributed by atoms with Gasteiger partial charge >= 0.3 is 0 Å². The van der Waals surface area contributed by atoms with Crippen molar-refractivity contribution in [2.24, 2.45) is 0 Å². The Labute approximate surface area is 200 Å². The van der Waals surface area contributed by atoms with E-state index in [0.29, 0.717) is 13.1 Å². The number of likely N-dealkylation sites (tertiary alicyclic amines) is 1. The number of aromatic nitrogens is 3. The molecule has 0 aliphatic carbocycles. The number of hydrogen-bond acceptors (Lipinski definition) is 8. The van der Waals surface area contributed by atoms with Gasteiger partial charge in [0.05, 0.1) is 16.8 Å². The fourth-order valence-electron chi connectivity index (χ4n) is 3.82. The normalized spacial score (nSPS) is 15.4. The van der Waals surface area contributed by atoms with Crippen molar-refractivity contribution < 1.29 is 18.3 Å². The minimum atomic E-state index is -0.974. The number of hydrogen-bond donors (Lipinski definition) is 3. The van der Waals surface area contributed by atoms with Crippen LogP contribution in [0, 0.1) is 17.2 Å². The van der Waals surface area contributed by atoms with E-state index < -0.39 is 11.8 Å². The molecule has 3 aromatic rings. The maximum atomic E-state index is 14.9. The van der Waals surface area contributed by atoms with E-state index in [2.05, 4.69) is 26.8 Å². The summed E-state index contributed by atoms with van der Waals surface area (Å²) in [6.45, 7) is 4.57. The van der Waals surface area contributed by atoms with E-state index in [1.807, 2.05) is 0 Å². The van der Waals surface area contributed by atoms with Crippen LogP contribution >= 0.6 is 0 Å². The van der Waals surface area contributed by atoms with Crippen LogP contribution < -0.4 is 15.8 Å². The lowest BCUT2D eigenvalue weighted by molar-refractivity contribution is -0.127. The molecule has 1 unspecified atom stereocenters. The molecule has 1 amide bonds. The molecule has 0 saturated carbocycles. The monoisotopic (exact) mass is 479 g/mol. The summed E-state index contributed by atoms with van der Waals surface area (Å²) < 4.78 is 33.7. The molecule has 4 N–H and O–H groups in total. The Balaban J connectivity index is 1.56. The van der Waals surface area contributed by atoms with Crippen molar-refractivity contribution >= 4 is 23.3 Å². The lowest BCUT2D eigenvalue weighted by atomic mass is 10.0. The van der Waals surface area contributed by atoms with Crippen LogP contribution in [-0.2, 0) is 4.79 Å². The molecule has 2 aromatic heterocycles. The maximum absolute atomic E-state index is 14.9. The van der Waals surface area contributed by atoms with Crippen LogP contribution in [0.25, 0.3) is 0 Å². The van der Waals surface area contributed by atoms with Gasteiger partial charge in [0.1, 0.15) is 29.5 Å². The van der Waals surface area contributed by atoms with Crippen molar-refractivity contribution in [2.45, 2.75) is 18.9 Å². The number of amides is 1. The van der Waals surface area contributed by atoms with Gasteiger partial charge in [-0.15, -0.1) is 0 Å². The van der Waals surface area contributed by atoms with Gasteiger partial charge in [0.2, 0.25) is 17.7 Å². The maximum Gasteiger partial charge on any atom is 0.246 e. The third-order valence-corrected chi connectivity index (χ3v) is 5.49. The molecular weight excluding hydrogens is 456 g/mol. The highest BCUT2D eigenvalue weighted by molar-refractivity contribution is 6.16. The van der Waals surface area contributed by atoms with E-state index in [-0.39, 0.29) is 52.1 Å². The first-order chi connectivity index (χ1) is 16.9. The second-order valence-electron chi connectivity index (χ2n) is 7.88. The second-order valence-corrected chi connectivity index (χ2v) is 7.88. The Hall–Kier alpha value is -4.41. The van der Waals surface area contributed by atoms with Crippen molar-refractivity contribution in [1.82, 2.24) is 19.9 Å². The highest BCUT2D eigenvalue weighted by Crippen LogP contribution is 2.27. The fraction of sp³-hybridized carbons (Fsp3) is 0.208. The van der Waals surface area contributed by atoms with Crippen LogP contribution in [0.1, 0.15) is 24.0 Å². The van der Waals surface area contributed by atoms with Gasteiger partial charge in [-0.05, 0) is 37.1 Å². The van der Waals surface area contributed by atoms with Crippen LogP contribution in [0.4, 0.5) is 20.4 Å². The molecule has 0 spiro atoms. The number of nitrogens with zero attached hydrogens (tertiary/aromatic N) is 4. The van der Waals surface area contributed by atoms with Crippen molar-refractivity contribution in [1.29, 1.82) is 5.41 Å². The zero-order valence-corrected chi connectivity index (χ0v) is 18.7. The number of nitrogen functional groups attached to an aromatic ring is 1. The van der Waals surface area contributed by atoms with Gasteiger partial charge in [0, 0.05) is 31.3 Å². The number of carbonyl (C=O) groups excluding carboxylic acids is 1. The summed E-state index contributed by atoms with van der Waals surface area (Å²) in [5.74, 6) is -1.35. The summed E-state index contributed by atoms with van der Waals surface area (Å²) >= 11 is 0. The highest BCUT2D eigenvalue weighted by atomic mass is 19.1. The first-order valence-corrected chi connectivity index (χ1v) is 10.8. The van der Waals surface area contributed by atoms with Gasteiger partial charge in [-0.1, -0.05) is 12.6 Å². The highest BCUT2D eigenvalue weighted by Gasteiger charge is 2.26. The first-order valence-electron chi connectivity index (χ1n) is 10.8. The van der Waals surface area contributed by atoms with Crippen molar-refractivity contribution in [3.8, 4) is 11.6 Å². The molecule has 0 radical (unpaired) electrons. The standard InChI is InChI=1S/C24H23F2N7O2/c1-2-19(34)33-10-4-6-15(12-33)31-24-20(23(28)29-13-30-24)21(27)17-8-9-18(32-22(17)26)35-16-7-3-5-14(25)11-16/h2-3,5,7-9,11,13,15,27H,1,4,6,10,12H2,(H3,28,29,30,31). The number of anilines is 2. The average Bonchev–Trinajstić information content (AvgIpc) is 2.83.